The number of nitrogens with zero attached hydrogens (tertiary/aromatic N) is 5. The largest absolute Gasteiger partial charge is 0.348 e. The standard InChI is InChI=1S/C21H25N7O/c1-12-5-6-13(2)28(12)17-18-25-20(26-27(18)10-9-22-17)23-14-7-8-15-16(11-14)24-19(29)21(15,3)4/h7-13H,5-6H2,1-4H3,(H,23,26)(H,24,29). The molecule has 2 unspecified atom stereocenters. The van der Waals surface area contributed by atoms with Crippen LogP contribution in [0.15, 0.2) is 30.6 Å². The Hall–Kier alpha value is -3.16. The maximum absolute atomic E-state index is 12.2. The highest BCUT2D eigenvalue weighted by Gasteiger charge is 2.38. The third kappa shape index (κ3) is 2.73. The number of carbonyl (C=O) groups excluding carboxylic acids is 1. The lowest BCUT2D eigenvalue weighted by atomic mass is 9.86. The quantitative estimate of drug-likeness (QED) is 0.711. The monoisotopic (exact) mass is 391 g/mol. The molecule has 8 nitrogen and oxygen atoms in total. The highest BCUT2D eigenvalue weighted by Crippen LogP contribution is 2.39. The van der Waals surface area contributed by atoms with Crippen LogP contribution < -0.4 is 15.5 Å². The topological polar surface area (TPSA) is 87.5 Å². The van der Waals surface area contributed by atoms with Gasteiger partial charge in [-0.15, -0.1) is 5.10 Å². The molecule has 3 aromatic rings. The van der Waals surface area contributed by atoms with E-state index in [0.29, 0.717) is 18.0 Å². The van der Waals surface area contributed by atoms with Crippen LogP contribution in [0.5, 0.6) is 0 Å². The Labute approximate surface area is 169 Å². The third-order valence-corrected chi connectivity index (χ3v) is 6.20. The summed E-state index contributed by atoms with van der Waals surface area (Å²) in [6.07, 6.45) is 5.89. The summed E-state index contributed by atoms with van der Waals surface area (Å²) in [5.41, 5.74) is 2.88. The first-order valence-electron chi connectivity index (χ1n) is 10.1. The van der Waals surface area contributed by atoms with E-state index >= 15 is 0 Å². The molecular formula is C21H25N7O. The summed E-state index contributed by atoms with van der Waals surface area (Å²) in [7, 11) is 0. The Morgan fingerprint density at radius 1 is 1.21 bits per heavy atom. The van der Waals surface area contributed by atoms with Crippen LogP contribution in [0.2, 0.25) is 0 Å². The Morgan fingerprint density at radius 3 is 2.72 bits per heavy atom. The van der Waals surface area contributed by atoms with Crippen molar-refractivity contribution in [3.63, 3.8) is 0 Å². The zero-order valence-electron chi connectivity index (χ0n) is 17.1. The molecule has 4 heterocycles. The molecule has 0 spiro atoms. The van der Waals surface area contributed by atoms with Gasteiger partial charge in [0.1, 0.15) is 0 Å². The van der Waals surface area contributed by atoms with Crippen molar-refractivity contribution >= 4 is 34.7 Å². The number of fused-ring (bicyclic) bond motifs is 2. The summed E-state index contributed by atoms with van der Waals surface area (Å²) in [5, 5.41) is 10.8. The van der Waals surface area contributed by atoms with Crippen LogP contribution in [0.1, 0.15) is 46.1 Å². The lowest BCUT2D eigenvalue weighted by Gasteiger charge is -2.27. The fraction of sp³-hybridized carbons (Fsp3) is 0.429. The van der Waals surface area contributed by atoms with E-state index in [1.54, 1.807) is 10.7 Å². The molecule has 29 heavy (non-hydrogen) atoms. The molecule has 0 bridgehead atoms. The maximum Gasteiger partial charge on any atom is 0.247 e. The van der Waals surface area contributed by atoms with E-state index in [0.717, 1.165) is 41.2 Å². The first-order chi connectivity index (χ1) is 13.8. The van der Waals surface area contributed by atoms with Crippen molar-refractivity contribution in [3.8, 4) is 0 Å². The van der Waals surface area contributed by atoms with E-state index in [9.17, 15) is 4.79 Å². The molecule has 2 N–H and O–H groups in total. The zero-order chi connectivity index (χ0) is 20.3. The summed E-state index contributed by atoms with van der Waals surface area (Å²) in [4.78, 5) is 23.8. The van der Waals surface area contributed by atoms with Gasteiger partial charge in [-0.3, -0.25) is 4.79 Å². The van der Waals surface area contributed by atoms with E-state index in [4.69, 9.17) is 4.98 Å². The molecule has 0 aliphatic carbocycles. The summed E-state index contributed by atoms with van der Waals surface area (Å²) in [6.45, 7) is 8.31. The maximum atomic E-state index is 12.2. The summed E-state index contributed by atoms with van der Waals surface area (Å²) >= 11 is 0. The minimum absolute atomic E-state index is 0.0140. The normalized spacial score (nSPS) is 22.8. The predicted octanol–water partition coefficient (Wildman–Crippen LogP) is 3.47. The number of aromatic nitrogens is 4. The van der Waals surface area contributed by atoms with Crippen LogP contribution >= 0.6 is 0 Å². The van der Waals surface area contributed by atoms with Gasteiger partial charge >= 0.3 is 0 Å². The molecule has 0 saturated carbocycles. The second-order valence-electron chi connectivity index (χ2n) is 8.60. The first kappa shape index (κ1) is 17.9. The predicted molar refractivity (Wildman–Crippen MR) is 113 cm³/mol. The van der Waals surface area contributed by atoms with Gasteiger partial charge in [0.05, 0.1) is 5.41 Å². The number of carbonyl (C=O) groups is 1. The van der Waals surface area contributed by atoms with Crippen molar-refractivity contribution < 1.29 is 4.79 Å². The fourth-order valence-electron chi connectivity index (χ4n) is 4.45. The Kier molecular flexibility index (Phi) is 3.81. The molecule has 0 radical (unpaired) electrons. The van der Waals surface area contributed by atoms with Gasteiger partial charge in [0, 0.05) is 35.9 Å². The van der Waals surface area contributed by atoms with Crippen molar-refractivity contribution in [3.05, 3.63) is 36.2 Å². The second-order valence-corrected chi connectivity index (χ2v) is 8.60. The van der Waals surface area contributed by atoms with Crippen LogP contribution in [0.3, 0.4) is 0 Å². The minimum atomic E-state index is -0.515. The molecule has 150 valence electrons. The highest BCUT2D eigenvalue weighted by molar-refractivity contribution is 6.06. The zero-order valence-corrected chi connectivity index (χ0v) is 17.1. The van der Waals surface area contributed by atoms with Crippen molar-refractivity contribution in [1.82, 2.24) is 19.6 Å². The summed E-state index contributed by atoms with van der Waals surface area (Å²) in [6, 6.07) is 6.72. The van der Waals surface area contributed by atoms with Crippen molar-refractivity contribution in [1.29, 1.82) is 0 Å². The van der Waals surface area contributed by atoms with E-state index in [-0.39, 0.29) is 5.91 Å². The lowest BCUT2D eigenvalue weighted by molar-refractivity contribution is -0.119. The van der Waals surface area contributed by atoms with Crippen LogP contribution in [0, 0.1) is 0 Å². The molecule has 2 aromatic heterocycles. The Balaban J connectivity index is 1.48. The van der Waals surface area contributed by atoms with Gasteiger partial charge < -0.3 is 15.5 Å². The molecule has 2 aliphatic heterocycles. The highest BCUT2D eigenvalue weighted by atomic mass is 16.2. The molecule has 2 aliphatic rings. The van der Waals surface area contributed by atoms with Crippen LogP contribution in [0.25, 0.3) is 5.65 Å². The molecule has 5 rings (SSSR count). The van der Waals surface area contributed by atoms with E-state index in [1.807, 2.05) is 38.2 Å². The van der Waals surface area contributed by atoms with Crippen molar-refractivity contribution in [2.24, 2.45) is 0 Å². The van der Waals surface area contributed by atoms with E-state index in [1.165, 1.54) is 0 Å². The number of benzene rings is 1. The average Bonchev–Trinajstić information content (AvgIpc) is 3.30. The summed E-state index contributed by atoms with van der Waals surface area (Å²) < 4.78 is 1.76. The van der Waals surface area contributed by atoms with E-state index < -0.39 is 5.41 Å². The van der Waals surface area contributed by atoms with Crippen LogP contribution in [-0.2, 0) is 10.2 Å². The molecule has 2 atom stereocenters. The van der Waals surface area contributed by atoms with E-state index in [2.05, 4.69) is 39.5 Å². The molecular weight excluding hydrogens is 366 g/mol. The lowest BCUT2D eigenvalue weighted by Crippen LogP contribution is -2.33. The first-order valence-corrected chi connectivity index (χ1v) is 10.1. The second kappa shape index (κ2) is 6.17. The van der Waals surface area contributed by atoms with Gasteiger partial charge in [-0.2, -0.15) is 4.98 Å². The number of hydrogen-bond donors (Lipinski definition) is 2. The molecule has 1 aromatic carbocycles. The number of nitrogens with one attached hydrogen (secondary N) is 2. The molecule has 1 fully saturated rings. The summed E-state index contributed by atoms with van der Waals surface area (Å²) in [5.74, 6) is 1.39. The Bertz CT molecular complexity index is 1110. The van der Waals surface area contributed by atoms with Crippen LogP contribution in [-0.4, -0.2) is 37.6 Å². The number of hydrogen-bond acceptors (Lipinski definition) is 6. The minimum Gasteiger partial charge on any atom is -0.348 e. The smallest absolute Gasteiger partial charge is 0.247 e. The van der Waals surface area contributed by atoms with Gasteiger partial charge in [-0.25, -0.2) is 9.50 Å². The molecule has 1 amide bonds. The third-order valence-electron chi connectivity index (χ3n) is 6.20. The van der Waals surface area contributed by atoms with Gasteiger partial charge in [0.2, 0.25) is 11.9 Å². The number of anilines is 4. The molecule has 8 heteroatoms. The fourth-order valence-corrected chi connectivity index (χ4v) is 4.45. The Morgan fingerprint density at radius 2 is 1.97 bits per heavy atom. The number of amides is 1. The van der Waals surface area contributed by atoms with Gasteiger partial charge in [0.15, 0.2) is 11.5 Å². The molecule has 1 saturated heterocycles. The van der Waals surface area contributed by atoms with Crippen molar-refractivity contribution in [2.45, 2.75) is 58.0 Å². The average molecular weight is 391 g/mol. The van der Waals surface area contributed by atoms with Crippen LogP contribution in [0.4, 0.5) is 23.1 Å². The van der Waals surface area contributed by atoms with Gasteiger partial charge in [-0.1, -0.05) is 6.07 Å². The number of rotatable bonds is 3. The van der Waals surface area contributed by atoms with Gasteiger partial charge in [0.25, 0.3) is 0 Å². The van der Waals surface area contributed by atoms with Gasteiger partial charge in [-0.05, 0) is 58.2 Å². The van der Waals surface area contributed by atoms with Crippen molar-refractivity contribution in [2.75, 3.05) is 15.5 Å². The SMILES string of the molecule is CC1CCC(C)N1c1nccn2nc(Nc3ccc4c(c3)NC(=O)C4(C)C)nc12.